The fourth-order valence-corrected chi connectivity index (χ4v) is 2.62. The SMILES string of the molecule is COC(=O)CNc1nc(C)c(-c2cccnc2)c2ccccc12. The number of carbonyl (C=O) groups is 1. The maximum atomic E-state index is 11.4. The average Bonchev–Trinajstić information content (AvgIpc) is 2.60. The molecule has 1 N–H and O–H groups in total. The predicted molar refractivity (Wildman–Crippen MR) is 90.2 cm³/mol. The predicted octanol–water partition coefficient (Wildman–Crippen LogP) is 3.19. The van der Waals surface area contributed by atoms with Crippen LogP contribution >= 0.6 is 0 Å². The van der Waals surface area contributed by atoms with Crippen molar-refractivity contribution in [3.05, 3.63) is 54.5 Å². The van der Waals surface area contributed by atoms with E-state index in [1.54, 1.807) is 6.20 Å². The fraction of sp³-hybridized carbons (Fsp3) is 0.167. The van der Waals surface area contributed by atoms with Gasteiger partial charge in [-0.1, -0.05) is 30.3 Å². The molecule has 0 bridgehead atoms. The van der Waals surface area contributed by atoms with E-state index in [0.29, 0.717) is 5.82 Å². The third-order valence-electron chi connectivity index (χ3n) is 3.67. The summed E-state index contributed by atoms with van der Waals surface area (Å²) >= 11 is 0. The van der Waals surface area contributed by atoms with Gasteiger partial charge in [-0.15, -0.1) is 0 Å². The number of pyridine rings is 2. The van der Waals surface area contributed by atoms with E-state index < -0.39 is 0 Å². The lowest BCUT2D eigenvalue weighted by molar-refractivity contribution is -0.138. The Bertz CT molecular complexity index is 848. The molecule has 2 aromatic heterocycles. The zero-order valence-corrected chi connectivity index (χ0v) is 13.0. The Morgan fingerprint density at radius 2 is 1.96 bits per heavy atom. The molecule has 0 spiro atoms. The summed E-state index contributed by atoms with van der Waals surface area (Å²) in [5.41, 5.74) is 2.95. The molecule has 0 saturated heterocycles. The molecule has 5 nitrogen and oxygen atoms in total. The number of carbonyl (C=O) groups excluding carboxylic acids is 1. The highest BCUT2D eigenvalue weighted by molar-refractivity contribution is 6.03. The van der Waals surface area contributed by atoms with Crippen LogP contribution in [0.5, 0.6) is 0 Å². The lowest BCUT2D eigenvalue weighted by atomic mass is 9.98. The van der Waals surface area contributed by atoms with Crippen LogP contribution in [-0.4, -0.2) is 29.6 Å². The zero-order valence-electron chi connectivity index (χ0n) is 13.0. The second-order valence-corrected chi connectivity index (χ2v) is 5.14. The largest absolute Gasteiger partial charge is 0.468 e. The Hall–Kier alpha value is -2.95. The van der Waals surface area contributed by atoms with Gasteiger partial charge in [-0.05, 0) is 18.4 Å². The molecular formula is C18H17N3O2. The van der Waals surface area contributed by atoms with Crippen LogP contribution in [-0.2, 0) is 9.53 Å². The highest BCUT2D eigenvalue weighted by Gasteiger charge is 2.13. The van der Waals surface area contributed by atoms with Gasteiger partial charge >= 0.3 is 5.97 Å². The normalized spacial score (nSPS) is 10.5. The molecule has 5 heteroatoms. The molecule has 116 valence electrons. The van der Waals surface area contributed by atoms with Crippen LogP contribution in [0.4, 0.5) is 5.82 Å². The van der Waals surface area contributed by atoms with Crippen molar-refractivity contribution in [2.24, 2.45) is 0 Å². The summed E-state index contributed by atoms with van der Waals surface area (Å²) < 4.78 is 4.67. The van der Waals surface area contributed by atoms with Crippen molar-refractivity contribution in [1.82, 2.24) is 9.97 Å². The number of esters is 1. The van der Waals surface area contributed by atoms with Crippen LogP contribution < -0.4 is 5.32 Å². The molecule has 0 radical (unpaired) electrons. The number of anilines is 1. The summed E-state index contributed by atoms with van der Waals surface area (Å²) in [7, 11) is 1.37. The maximum absolute atomic E-state index is 11.4. The van der Waals surface area contributed by atoms with Crippen LogP contribution in [0, 0.1) is 6.92 Å². The van der Waals surface area contributed by atoms with E-state index >= 15 is 0 Å². The molecular weight excluding hydrogens is 290 g/mol. The number of aryl methyl sites for hydroxylation is 1. The van der Waals surface area contributed by atoms with Gasteiger partial charge < -0.3 is 10.1 Å². The van der Waals surface area contributed by atoms with Crippen molar-refractivity contribution >= 4 is 22.6 Å². The van der Waals surface area contributed by atoms with Crippen molar-refractivity contribution in [2.45, 2.75) is 6.92 Å². The van der Waals surface area contributed by atoms with Gasteiger partial charge in [0.15, 0.2) is 0 Å². The Labute approximate surface area is 134 Å². The monoisotopic (exact) mass is 307 g/mol. The van der Waals surface area contributed by atoms with Crippen molar-refractivity contribution in [2.75, 3.05) is 19.0 Å². The molecule has 0 aliphatic heterocycles. The van der Waals surface area contributed by atoms with Gasteiger partial charge in [0.2, 0.25) is 0 Å². The van der Waals surface area contributed by atoms with Crippen molar-refractivity contribution in [3.8, 4) is 11.1 Å². The highest BCUT2D eigenvalue weighted by atomic mass is 16.5. The van der Waals surface area contributed by atoms with E-state index in [9.17, 15) is 4.79 Å². The first kappa shape index (κ1) is 15.0. The van der Waals surface area contributed by atoms with E-state index in [2.05, 4.69) is 26.1 Å². The molecule has 0 aliphatic carbocycles. The molecule has 0 aliphatic rings. The topological polar surface area (TPSA) is 64.1 Å². The van der Waals surface area contributed by atoms with Crippen LogP contribution in [0.1, 0.15) is 5.69 Å². The average molecular weight is 307 g/mol. The number of hydrogen-bond acceptors (Lipinski definition) is 5. The second-order valence-electron chi connectivity index (χ2n) is 5.14. The van der Waals surface area contributed by atoms with Crippen LogP contribution in [0.2, 0.25) is 0 Å². The first-order valence-electron chi connectivity index (χ1n) is 7.31. The molecule has 0 amide bonds. The number of rotatable bonds is 4. The smallest absolute Gasteiger partial charge is 0.325 e. The summed E-state index contributed by atoms with van der Waals surface area (Å²) in [6.07, 6.45) is 3.58. The molecule has 0 unspecified atom stereocenters. The van der Waals surface area contributed by atoms with Gasteiger partial charge in [0.05, 0.1) is 7.11 Å². The van der Waals surface area contributed by atoms with Crippen molar-refractivity contribution in [1.29, 1.82) is 0 Å². The van der Waals surface area contributed by atoms with E-state index in [4.69, 9.17) is 0 Å². The summed E-state index contributed by atoms with van der Waals surface area (Å²) in [5, 5.41) is 5.09. The summed E-state index contributed by atoms with van der Waals surface area (Å²) in [5.74, 6) is 0.348. The summed E-state index contributed by atoms with van der Waals surface area (Å²) in [6, 6.07) is 11.9. The molecule has 0 saturated carbocycles. The number of aromatic nitrogens is 2. The Morgan fingerprint density at radius 3 is 2.65 bits per heavy atom. The third-order valence-corrected chi connectivity index (χ3v) is 3.67. The van der Waals surface area contributed by atoms with Gasteiger partial charge in [-0.2, -0.15) is 0 Å². The number of benzene rings is 1. The van der Waals surface area contributed by atoms with Crippen molar-refractivity contribution in [3.63, 3.8) is 0 Å². The number of ether oxygens (including phenoxy) is 1. The van der Waals surface area contributed by atoms with E-state index in [-0.39, 0.29) is 12.5 Å². The first-order valence-corrected chi connectivity index (χ1v) is 7.31. The molecule has 3 aromatic rings. The first-order chi connectivity index (χ1) is 11.2. The van der Waals surface area contributed by atoms with Gasteiger partial charge in [0.25, 0.3) is 0 Å². The lowest BCUT2D eigenvalue weighted by Crippen LogP contribution is -2.16. The molecule has 3 rings (SSSR count). The van der Waals surface area contributed by atoms with Gasteiger partial charge in [0.1, 0.15) is 12.4 Å². The number of methoxy groups -OCH3 is 1. The highest BCUT2D eigenvalue weighted by Crippen LogP contribution is 2.33. The van der Waals surface area contributed by atoms with Crippen LogP contribution in [0.15, 0.2) is 48.8 Å². The Balaban J connectivity index is 2.14. The molecule has 2 heterocycles. The summed E-state index contributed by atoms with van der Waals surface area (Å²) in [4.78, 5) is 20.2. The lowest BCUT2D eigenvalue weighted by Gasteiger charge is -2.14. The number of nitrogens with zero attached hydrogens (tertiary/aromatic N) is 2. The molecule has 23 heavy (non-hydrogen) atoms. The van der Waals surface area contributed by atoms with Crippen molar-refractivity contribution < 1.29 is 9.53 Å². The molecule has 1 aromatic carbocycles. The number of hydrogen-bond donors (Lipinski definition) is 1. The van der Waals surface area contributed by atoms with Crippen LogP contribution in [0.25, 0.3) is 21.9 Å². The molecule has 0 fully saturated rings. The summed E-state index contributed by atoms with van der Waals surface area (Å²) in [6.45, 7) is 2.04. The van der Waals surface area contributed by atoms with E-state index in [1.807, 2.05) is 43.5 Å². The van der Waals surface area contributed by atoms with Gasteiger partial charge in [-0.25, -0.2) is 4.98 Å². The van der Waals surface area contributed by atoms with Gasteiger partial charge in [-0.3, -0.25) is 9.78 Å². The maximum Gasteiger partial charge on any atom is 0.325 e. The number of fused-ring (bicyclic) bond motifs is 1. The Morgan fingerprint density at radius 1 is 1.17 bits per heavy atom. The standard InChI is InChI=1S/C18H17N3O2/c1-12-17(13-6-5-9-19-10-13)14-7-3-4-8-15(14)18(21-12)20-11-16(22)23-2/h3-10H,11H2,1-2H3,(H,20,21). The van der Waals surface area contributed by atoms with Gasteiger partial charge in [0, 0.05) is 34.6 Å². The minimum atomic E-state index is -0.329. The van der Waals surface area contributed by atoms with E-state index in [0.717, 1.165) is 27.6 Å². The van der Waals surface area contributed by atoms with E-state index in [1.165, 1.54) is 7.11 Å². The minimum Gasteiger partial charge on any atom is -0.468 e. The minimum absolute atomic E-state index is 0.0825. The molecule has 0 atom stereocenters. The second kappa shape index (κ2) is 6.44. The van der Waals surface area contributed by atoms with Crippen LogP contribution in [0.3, 0.4) is 0 Å². The third kappa shape index (κ3) is 2.99. The quantitative estimate of drug-likeness (QED) is 0.750. The Kier molecular flexibility index (Phi) is 4.19. The number of nitrogens with one attached hydrogen (secondary N) is 1. The zero-order chi connectivity index (χ0) is 16.2. The fourth-order valence-electron chi connectivity index (χ4n) is 2.62.